The van der Waals surface area contributed by atoms with Crippen molar-refractivity contribution in [3.63, 3.8) is 0 Å². The number of hydrogen-bond acceptors (Lipinski definition) is 4. The van der Waals surface area contributed by atoms with E-state index in [1.165, 1.54) is 17.7 Å². The SMILES string of the molecule is Cc1ccc(OCC(=O)N[C@@H](C)CCc2ccccc2)c([N+](=O)[O-])c1. The summed E-state index contributed by atoms with van der Waals surface area (Å²) in [6, 6.07) is 14.7. The van der Waals surface area contributed by atoms with Crippen molar-refractivity contribution in [3.05, 3.63) is 69.8 Å². The van der Waals surface area contributed by atoms with Crippen LogP contribution >= 0.6 is 0 Å². The molecule has 0 radical (unpaired) electrons. The van der Waals surface area contributed by atoms with Crippen LogP contribution in [-0.2, 0) is 11.2 Å². The summed E-state index contributed by atoms with van der Waals surface area (Å²) in [5.74, 6) is -0.196. The molecule has 1 amide bonds. The standard InChI is InChI=1S/C19H22N2O4/c1-14-8-11-18(17(12-14)21(23)24)25-13-19(22)20-15(2)9-10-16-6-4-3-5-7-16/h3-8,11-12,15H,9-10,13H2,1-2H3,(H,20,22)/t15-/m0/s1. The van der Waals surface area contributed by atoms with Crippen LogP contribution in [0.5, 0.6) is 5.75 Å². The van der Waals surface area contributed by atoms with Crippen molar-refractivity contribution in [2.24, 2.45) is 0 Å². The number of carbonyl (C=O) groups excluding carboxylic acids is 1. The first-order valence-electron chi connectivity index (χ1n) is 8.17. The third kappa shape index (κ3) is 5.91. The monoisotopic (exact) mass is 342 g/mol. The van der Waals surface area contributed by atoms with E-state index in [9.17, 15) is 14.9 Å². The Morgan fingerprint density at radius 3 is 2.64 bits per heavy atom. The van der Waals surface area contributed by atoms with Crippen LogP contribution in [0.1, 0.15) is 24.5 Å². The van der Waals surface area contributed by atoms with E-state index in [2.05, 4.69) is 5.32 Å². The number of carbonyl (C=O) groups is 1. The van der Waals surface area contributed by atoms with Gasteiger partial charge in [-0.05, 0) is 43.9 Å². The molecule has 0 heterocycles. The van der Waals surface area contributed by atoms with Gasteiger partial charge in [0.25, 0.3) is 5.91 Å². The van der Waals surface area contributed by atoms with Gasteiger partial charge >= 0.3 is 5.69 Å². The number of ether oxygens (including phenoxy) is 1. The second kappa shape index (κ2) is 8.82. The van der Waals surface area contributed by atoms with Crippen LogP contribution in [0.4, 0.5) is 5.69 Å². The van der Waals surface area contributed by atoms with Gasteiger partial charge in [0.1, 0.15) is 0 Å². The van der Waals surface area contributed by atoms with Gasteiger partial charge in [-0.15, -0.1) is 0 Å². The lowest BCUT2D eigenvalue weighted by atomic mass is 10.1. The van der Waals surface area contributed by atoms with Gasteiger partial charge in [-0.1, -0.05) is 36.4 Å². The number of rotatable bonds is 8. The first-order valence-corrected chi connectivity index (χ1v) is 8.17. The zero-order valence-electron chi connectivity index (χ0n) is 14.4. The fraction of sp³-hybridized carbons (Fsp3) is 0.316. The molecule has 25 heavy (non-hydrogen) atoms. The van der Waals surface area contributed by atoms with Crippen molar-refractivity contribution >= 4 is 11.6 Å². The lowest BCUT2D eigenvalue weighted by Gasteiger charge is -2.14. The Labute approximate surface area is 147 Å². The third-order valence-corrected chi connectivity index (χ3v) is 3.79. The predicted molar refractivity (Wildman–Crippen MR) is 95.7 cm³/mol. The van der Waals surface area contributed by atoms with Crippen molar-refractivity contribution in [3.8, 4) is 5.75 Å². The summed E-state index contributed by atoms with van der Waals surface area (Å²) in [4.78, 5) is 22.5. The summed E-state index contributed by atoms with van der Waals surface area (Å²) in [5.41, 5.74) is 1.85. The van der Waals surface area contributed by atoms with E-state index in [1.54, 1.807) is 13.0 Å². The molecular weight excluding hydrogens is 320 g/mol. The molecule has 1 atom stereocenters. The number of nitrogens with one attached hydrogen (secondary N) is 1. The molecule has 1 N–H and O–H groups in total. The molecule has 2 aromatic carbocycles. The molecule has 0 saturated carbocycles. The molecule has 0 aliphatic carbocycles. The van der Waals surface area contributed by atoms with Crippen molar-refractivity contribution in [2.75, 3.05) is 6.61 Å². The van der Waals surface area contributed by atoms with E-state index < -0.39 is 4.92 Å². The normalized spacial score (nSPS) is 11.6. The van der Waals surface area contributed by atoms with Gasteiger partial charge in [0.05, 0.1) is 4.92 Å². The fourth-order valence-corrected chi connectivity index (χ4v) is 2.45. The highest BCUT2D eigenvalue weighted by Crippen LogP contribution is 2.27. The molecule has 0 aliphatic rings. The van der Waals surface area contributed by atoms with Gasteiger partial charge in [-0.2, -0.15) is 0 Å². The first kappa shape index (κ1) is 18.4. The van der Waals surface area contributed by atoms with Crippen LogP contribution in [0.25, 0.3) is 0 Å². The molecule has 2 rings (SSSR count). The van der Waals surface area contributed by atoms with Crippen LogP contribution < -0.4 is 10.1 Å². The number of nitrogens with zero attached hydrogens (tertiary/aromatic N) is 1. The van der Waals surface area contributed by atoms with Crippen molar-refractivity contribution in [2.45, 2.75) is 32.7 Å². The zero-order chi connectivity index (χ0) is 18.2. The number of nitro groups is 1. The van der Waals surface area contributed by atoms with Gasteiger partial charge in [-0.3, -0.25) is 14.9 Å². The first-order chi connectivity index (χ1) is 12.0. The molecule has 0 bridgehead atoms. The van der Waals surface area contributed by atoms with Gasteiger partial charge in [0.15, 0.2) is 12.4 Å². The molecule has 0 unspecified atom stereocenters. The molecule has 2 aromatic rings. The van der Waals surface area contributed by atoms with Gasteiger partial charge in [0, 0.05) is 12.1 Å². The molecule has 0 saturated heterocycles. The van der Waals surface area contributed by atoms with Gasteiger partial charge in [-0.25, -0.2) is 0 Å². The van der Waals surface area contributed by atoms with Gasteiger partial charge < -0.3 is 10.1 Å². The molecular formula is C19H22N2O4. The minimum atomic E-state index is -0.511. The van der Waals surface area contributed by atoms with E-state index in [-0.39, 0.29) is 30.0 Å². The van der Waals surface area contributed by atoms with E-state index in [1.807, 2.05) is 37.3 Å². The minimum absolute atomic E-state index is 0.00990. The predicted octanol–water partition coefficient (Wildman–Crippen LogP) is 3.42. The zero-order valence-corrected chi connectivity index (χ0v) is 14.4. The van der Waals surface area contributed by atoms with Crippen LogP contribution in [0.3, 0.4) is 0 Å². The second-order valence-electron chi connectivity index (χ2n) is 6.01. The van der Waals surface area contributed by atoms with E-state index in [0.29, 0.717) is 0 Å². The Bertz CT molecular complexity index is 731. The summed E-state index contributed by atoms with van der Waals surface area (Å²) in [7, 11) is 0. The highest BCUT2D eigenvalue weighted by molar-refractivity contribution is 5.78. The smallest absolute Gasteiger partial charge is 0.311 e. The lowest BCUT2D eigenvalue weighted by Crippen LogP contribution is -2.36. The van der Waals surface area contributed by atoms with E-state index in [4.69, 9.17) is 4.74 Å². The highest BCUT2D eigenvalue weighted by atomic mass is 16.6. The van der Waals surface area contributed by atoms with Crippen LogP contribution in [0.2, 0.25) is 0 Å². The number of aryl methyl sites for hydroxylation is 2. The van der Waals surface area contributed by atoms with Gasteiger partial charge in [0.2, 0.25) is 0 Å². The Morgan fingerprint density at radius 1 is 1.24 bits per heavy atom. The lowest BCUT2D eigenvalue weighted by molar-refractivity contribution is -0.385. The van der Waals surface area contributed by atoms with Crippen molar-refractivity contribution < 1.29 is 14.5 Å². The topological polar surface area (TPSA) is 81.5 Å². The van der Waals surface area contributed by atoms with Crippen LogP contribution in [-0.4, -0.2) is 23.5 Å². The second-order valence-corrected chi connectivity index (χ2v) is 6.01. The molecule has 0 spiro atoms. The maximum absolute atomic E-state index is 12.0. The summed E-state index contributed by atoms with van der Waals surface area (Å²) in [6.45, 7) is 3.44. The molecule has 0 aliphatic heterocycles. The molecule has 0 aromatic heterocycles. The Kier molecular flexibility index (Phi) is 6.51. The third-order valence-electron chi connectivity index (χ3n) is 3.79. The average Bonchev–Trinajstić information content (AvgIpc) is 2.59. The maximum Gasteiger partial charge on any atom is 0.311 e. The average molecular weight is 342 g/mol. The molecule has 0 fully saturated rings. The van der Waals surface area contributed by atoms with Crippen LogP contribution in [0, 0.1) is 17.0 Å². The largest absolute Gasteiger partial charge is 0.477 e. The quantitative estimate of drug-likeness (QED) is 0.589. The molecule has 6 heteroatoms. The number of nitro benzene ring substituents is 1. The number of hydrogen-bond donors (Lipinski definition) is 1. The summed E-state index contributed by atoms with van der Waals surface area (Å²) in [5, 5.41) is 13.9. The van der Waals surface area contributed by atoms with Crippen molar-refractivity contribution in [1.29, 1.82) is 0 Å². The maximum atomic E-state index is 12.0. The summed E-state index contributed by atoms with van der Waals surface area (Å²) >= 11 is 0. The molecule has 132 valence electrons. The van der Waals surface area contributed by atoms with Crippen LogP contribution in [0.15, 0.2) is 48.5 Å². The van der Waals surface area contributed by atoms with Crippen molar-refractivity contribution in [1.82, 2.24) is 5.32 Å². The fourth-order valence-electron chi connectivity index (χ4n) is 2.45. The summed E-state index contributed by atoms with van der Waals surface area (Å²) < 4.78 is 5.33. The number of benzene rings is 2. The Hall–Kier alpha value is -2.89. The highest BCUT2D eigenvalue weighted by Gasteiger charge is 2.16. The number of amides is 1. The Morgan fingerprint density at radius 2 is 1.96 bits per heavy atom. The Balaban J connectivity index is 1.81. The van der Waals surface area contributed by atoms with E-state index >= 15 is 0 Å². The molecule has 6 nitrogen and oxygen atoms in total. The minimum Gasteiger partial charge on any atom is -0.477 e. The van der Waals surface area contributed by atoms with E-state index in [0.717, 1.165) is 18.4 Å². The summed E-state index contributed by atoms with van der Waals surface area (Å²) in [6.07, 6.45) is 1.67.